The van der Waals surface area contributed by atoms with Gasteiger partial charge >= 0.3 is 0 Å². The quantitative estimate of drug-likeness (QED) is 0.592. The molecule has 0 aliphatic carbocycles. The summed E-state index contributed by atoms with van der Waals surface area (Å²) in [6.45, 7) is 7.61. The van der Waals surface area contributed by atoms with Crippen LogP contribution in [-0.2, 0) is 6.42 Å². The summed E-state index contributed by atoms with van der Waals surface area (Å²) in [5, 5.41) is 4.09. The van der Waals surface area contributed by atoms with Gasteiger partial charge in [-0.2, -0.15) is 0 Å². The minimum atomic E-state index is -0.184. The third-order valence-electron chi connectivity index (χ3n) is 4.13. The van der Waals surface area contributed by atoms with Gasteiger partial charge in [0.15, 0.2) is 0 Å². The Morgan fingerprint density at radius 1 is 1.19 bits per heavy atom. The van der Waals surface area contributed by atoms with E-state index in [1.54, 1.807) is 6.07 Å². The van der Waals surface area contributed by atoms with Crippen LogP contribution in [0.25, 0.3) is 0 Å². The molecule has 0 radical (unpaired) electrons. The summed E-state index contributed by atoms with van der Waals surface area (Å²) in [7, 11) is 0. The third kappa shape index (κ3) is 6.36. The number of hydrogen-bond donors (Lipinski definition) is 1. The van der Waals surface area contributed by atoms with Gasteiger partial charge in [-0.05, 0) is 49.4 Å². The number of rotatable bonds is 10. The Hall–Kier alpha value is -0.600. The van der Waals surface area contributed by atoms with Gasteiger partial charge in [0.05, 0.1) is 0 Å². The average molecular weight is 314 g/mol. The molecule has 3 heteroatoms. The number of halogens is 2. The van der Waals surface area contributed by atoms with Crippen LogP contribution in [0.5, 0.6) is 0 Å². The summed E-state index contributed by atoms with van der Waals surface area (Å²) in [6, 6.07) is 5.37. The first kappa shape index (κ1) is 18.4. The molecule has 0 aliphatic heterocycles. The van der Waals surface area contributed by atoms with E-state index in [2.05, 4.69) is 26.1 Å². The molecule has 0 saturated carbocycles. The highest BCUT2D eigenvalue weighted by Crippen LogP contribution is 2.23. The molecule has 120 valence electrons. The van der Waals surface area contributed by atoms with Crippen molar-refractivity contribution in [2.45, 2.75) is 65.3 Å². The fourth-order valence-corrected chi connectivity index (χ4v) is 2.97. The minimum absolute atomic E-state index is 0.184. The van der Waals surface area contributed by atoms with E-state index >= 15 is 0 Å². The van der Waals surface area contributed by atoms with Gasteiger partial charge in [0.2, 0.25) is 0 Å². The van der Waals surface area contributed by atoms with Gasteiger partial charge in [0, 0.05) is 11.1 Å². The Morgan fingerprint density at radius 2 is 1.95 bits per heavy atom. The highest BCUT2D eigenvalue weighted by Gasteiger charge is 2.20. The Balaban J connectivity index is 2.79. The average Bonchev–Trinajstić information content (AvgIpc) is 2.47. The first-order valence-electron chi connectivity index (χ1n) is 8.29. The van der Waals surface area contributed by atoms with Crippen molar-refractivity contribution in [3.05, 3.63) is 34.6 Å². The molecule has 21 heavy (non-hydrogen) atoms. The smallest absolute Gasteiger partial charge is 0.127 e. The second kappa shape index (κ2) is 10.2. The zero-order chi connectivity index (χ0) is 15.7. The maximum atomic E-state index is 14.0. The summed E-state index contributed by atoms with van der Waals surface area (Å²) in [5.74, 6) is 0.419. The highest BCUT2D eigenvalue weighted by molar-refractivity contribution is 6.30. The molecule has 0 saturated heterocycles. The fraction of sp³-hybridized carbons (Fsp3) is 0.667. The lowest BCUT2D eigenvalue weighted by molar-refractivity contribution is 0.313. The Labute approximate surface area is 134 Å². The van der Waals surface area contributed by atoms with Crippen molar-refractivity contribution in [3.8, 4) is 0 Å². The molecule has 1 N–H and O–H groups in total. The Morgan fingerprint density at radius 3 is 2.52 bits per heavy atom. The van der Waals surface area contributed by atoms with Gasteiger partial charge in [-0.3, -0.25) is 0 Å². The predicted molar refractivity (Wildman–Crippen MR) is 90.5 cm³/mol. The zero-order valence-electron chi connectivity index (χ0n) is 13.6. The standard InChI is InChI=1S/C18H29ClFN/c1-4-7-8-14(6-3)18(21-11-5-2)12-15-9-10-16(19)13-17(15)20/h9-10,13-14,18,21H,4-8,11-12H2,1-3H3. The first-order chi connectivity index (χ1) is 10.1. The van der Waals surface area contributed by atoms with Crippen molar-refractivity contribution in [1.82, 2.24) is 5.32 Å². The number of hydrogen-bond acceptors (Lipinski definition) is 1. The van der Waals surface area contributed by atoms with Crippen LogP contribution < -0.4 is 5.32 Å². The predicted octanol–water partition coefficient (Wildman–Crippen LogP) is 5.61. The van der Waals surface area contributed by atoms with Gasteiger partial charge in [-0.15, -0.1) is 0 Å². The maximum absolute atomic E-state index is 14.0. The molecule has 0 aliphatic rings. The largest absolute Gasteiger partial charge is 0.313 e. The van der Waals surface area contributed by atoms with Crippen LogP contribution in [0.4, 0.5) is 4.39 Å². The van der Waals surface area contributed by atoms with Crippen LogP contribution in [-0.4, -0.2) is 12.6 Å². The molecule has 0 fully saturated rings. The molecular formula is C18H29ClFN. The van der Waals surface area contributed by atoms with E-state index in [0.717, 1.165) is 31.4 Å². The van der Waals surface area contributed by atoms with Crippen molar-refractivity contribution >= 4 is 11.6 Å². The zero-order valence-corrected chi connectivity index (χ0v) is 14.3. The second-order valence-corrected chi connectivity index (χ2v) is 6.25. The van der Waals surface area contributed by atoms with Crippen molar-refractivity contribution in [2.75, 3.05) is 6.54 Å². The number of benzene rings is 1. The highest BCUT2D eigenvalue weighted by atomic mass is 35.5. The van der Waals surface area contributed by atoms with Crippen molar-refractivity contribution in [3.63, 3.8) is 0 Å². The summed E-state index contributed by atoms with van der Waals surface area (Å²) < 4.78 is 14.0. The molecule has 0 heterocycles. The van der Waals surface area contributed by atoms with Gasteiger partial charge in [0.25, 0.3) is 0 Å². The summed E-state index contributed by atoms with van der Waals surface area (Å²) >= 11 is 5.84. The van der Waals surface area contributed by atoms with Crippen LogP contribution in [0.2, 0.25) is 5.02 Å². The summed E-state index contributed by atoms with van der Waals surface area (Å²) in [5.41, 5.74) is 0.767. The number of nitrogens with one attached hydrogen (secondary N) is 1. The van der Waals surface area contributed by atoms with Gasteiger partial charge in [-0.1, -0.05) is 57.7 Å². The lowest BCUT2D eigenvalue weighted by Crippen LogP contribution is -2.38. The molecule has 1 rings (SSSR count). The Kier molecular flexibility index (Phi) is 8.94. The monoisotopic (exact) mass is 313 g/mol. The molecule has 2 unspecified atom stereocenters. The van der Waals surface area contributed by atoms with E-state index in [4.69, 9.17) is 11.6 Å². The molecule has 1 nitrogen and oxygen atoms in total. The molecule has 2 atom stereocenters. The van der Waals surface area contributed by atoms with E-state index in [1.165, 1.54) is 25.3 Å². The molecule has 1 aromatic carbocycles. The van der Waals surface area contributed by atoms with E-state index in [9.17, 15) is 4.39 Å². The first-order valence-corrected chi connectivity index (χ1v) is 8.67. The van der Waals surface area contributed by atoms with Crippen LogP contribution in [0.1, 0.15) is 58.4 Å². The molecule has 0 aromatic heterocycles. The van der Waals surface area contributed by atoms with E-state index in [1.807, 2.05) is 6.07 Å². The number of unbranched alkanes of at least 4 members (excludes halogenated alkanes) is 1. The summed E-state index contributed by atoms with van der Waals surface area (Å²) in [6.07, 6.45) is 6.65. The van der Waals surface area contributed by atoms with Crippen molar-refractivity contribution in [2.24, 2.45) is 5.92 Å². The normalized spacial score (nSPS) is 14.1. The molecule has 0 spiro atoms. The van der Waals surface area contributed by atoms with E-state index in [-0.39, 0.29) is 5.82 Å². The van der Waals surface area contributed by atoms with Gasteiger partial charge in [0.1, 0.15) is 5.82 Å². The molecular weight excluding hydrogens is 285 g/mol. The molecule has 0 bridgehead atoms. The van der Waals surface area contributed by atoms with Gasteiger partial charge in [-0.25, -0.2) is 4.39 Å². The minimum Gasteiger partial charge on any atom is -0.313 e. The van der Waals surface area contributed by atoms with E-state index < -0.39 is 0 Å². The van der Waals surface area contributed by atoms with Gasteiger partial charge < -0.3 is 5.32 Å². The van der Waals surface area contributed by atoms with Crippen molar-refractivity contribution < 1.29 is 4.39 Å². The molecule has 0 amide bonds. The third-order valence-corrected chi connectivity index (χ3v) is 4.37. The molecule has 1 aromatic rings. The van der Waals surface area contributed by atoms with Crippen LogP contribution in [0, 0.1) is 11.7 Å². The Bertz CT molecular complexity index is 408. The lowest BCUT2D eigenvalue weighted by Gasteiger charge is -2.28. The van der Waals surface area contributed by atoms with Crippen LogP contribution in [0.3, 0.4) is 0 Å². The second-order valence-electron chi connectivity index (χ2n) is 5.81. The van der Waals surface area contributed by atoms with Crippen LogP contribution >= 0.6 is 11.6 Å². The SMILES string of the molecule is CCCCC(CC)C(Cc1ccc(Cl)cc1F)NCCC. The topological polar surface area (TPSA) is 12.0 Å². The maximum Gasteiger partial charge on any atom is 0.127 e. The summed E-state index contributed by atoms with van der Waals surface area (Å²) in [4.78, 5) is 0. The fourth-order valence-electron chi connectivity index (χ4n) is 2.82. The lowest BCUT2D eigenvalue weighted by atomic mass is 9.87. The van der Waals surface area contributed by atoms with Crippen molar-refractivity contribution in [1.29, 1.82) is 0 Å². The van der Waals surface area contributed by atoms with Crippen LogP contribution in [0.15, 0.2) is 18.2 Å². The van der Waals surface area contributed by atoms with E-state index in [0.29, 0.717) is 17.0 Å².